The number of benzene rings is 2. The molecule has 2 aromatic carbocycles. The quantitative estimate of drug-likeness (QED) is 0.508. The van der Waals surface area contributed by atoms with Crippen LogP contribution in [0.1, 0.15) is 23.0 Å². The van der Waals surface area contributed by atoms with Gasteiger partial charge in [-0.3, -0.25) is 9.59 Å². The number of carbonyl (C=O) groups is 2. The lowest BCUT2D eigenvalue weighted by atomic mass is 9.92. The zero-order valence-corrected chi connectivity index (χ0v) is 8.84. The third-order valence-corrected chi connectivity index (χ3v) is 3.68. The molecular formula is C14H8O3. The van der Waals surface area contributed by atoms with Crippen molar-refractivity contribution < 1.29 is 14.3 Å². The van der Waals surface area contributed by atoms with Crippen molar-refractivity contribution in [3.8, 4) is 0 Å². The molecule has 17 heavy (non-hydrogen) atoms. The summed E-state index contributed by atoms with van der Waals surface area (Å²) in [6, 6.07) is 11.7. The second-order valence-corrected chi connectivity index (χ2v) is 4.49. The van der Waals surface area contributed by atoms with Gasteiger partial charge in [0, 0.05) is 0 Å². The SMILES string of the molecule is O=C1OC(=O)C2c3cccc4cccc(c34)C12. The summed E-state index contributed by atoms with van der Waals surface area (Å²) in [5, 5.41) is 2.13. The van der Waals surface area contributed by atoms with Crippen molar-refractivity contribution >= 4 is 22.7 Å². The van der Waals surface area contributed by atoms with Gasteiger partial charge in [0.1, 0.15) is 11.8 Å². The maximum absolute atomic E-state index is 11.7. The highest BCUT2D eigenvalue weighted by atomic mass is 16.6. The molecule has 2 unspecified atom stereocenters. The topological polar surface area (TPSA) is 43.4 Å². The predicted molar refractivity (Wildman–Crippen MR) is 60.5 cm³/mol. The van der Waals surface area contributed by atoms with Gasteiger partial charge >= 0.3 is 11.9 Å². The molecule has 82 valence electrons. The molecule has 1 saturated heterocycles. The van der Waals surface area contributed by atoms with Crippen LogP contribution in [-0.2, 0) is 14.3 Å². The predicted octanol–water partition coefficient (Wildman–Crippen LogP) is 2.10. The van der Waals surface area contributed by atoms with Crippen LogP contribution in [0, 0.1) is 0 Å². The van der Waals surface area contributed by atoms with Crippen molar-refractivity contribution in [2.45, 2.75) is 11.8 Å². The van der Waals surface area contributed by atoms with Gasteiger partial charge in [0.05, 0.1) is 0 Å². The first-order valence-electron chi connectivity index (χ1n) is 5.54. The maximum Gasteiger partial charge on any atom is 0.322 e. The highest BCUT2D eigenvalue weighted by Crippen LogP contribution is 2.50. The van der Waals surface area contributed by atoms with Crippen molar-refractivity contribution in [3.63, 3.8) is 0 Å². The summed E-state index contributed by atoms with van der Waals surface area (Å²) in [7, 11) is 0. The van der Waals surface area contributed by atoms with Gasteiger partial charge in [0.2, 0.25) is 0 Å². The van der Waals surface area contributed by atoms with Gasteiger partial charge in [-0.15, -0.1) is 0 Å². The van der Waals surface area contributed by atoms with Crippen molar-refractivity contribution in [2.24, 2.45) is 0 Å². The minimum Gasteiger partial charge on any atom is -0.392 e. The molecule has 0 bridgehead atoms. The average Bonchev–Trinajstić information content (AvgIpc) is 2.81. The van der Waals surface area contributed by atoms with Crippen LogP contribution in [0.5, 0.6) is 0 Å². The van der Waals surface area contributed by atoms with E-state index in [0.29, 0.717) is 0 Å². The average molecular weight is 224 g/mol. The first-order chi connectivity index (χ1) is 8.27. The van der Waals surface area contributed by atoms with Crippen LogP contribution in [0.4, 0.5) is 0 Å². The molecule has 0 amide bonds. The van der Waals surface area contributed by atoms with Gasteiger partial charge < -0.3 is 4.74 Å². The second-order valence-electron chi connectivity index (χ2n) is 4.49. The maximum atomic E-state index is 11.7. The first kappa shape index (κ1) is 8.93. The number of esters is 2. The van der Waals surface area contributed by atoms with Gasteiger partial charge in [-0.05, 0) is 21.9 Å². The number of hydrogen-bond donors (Lipinski definition) is 0. The second kappa shape index (κ2) is 2.74. The van der Waals surface area contributed by atoms with Crippen LogP contribution < -0.4 is 0 Å². The van der Waals surface area contributed by atoms with E-state index in [1.807, 2.05) is 36.4 Å². The molecule has 2 aliphatic rings. The van der Waals surface area contributed by atoms with E-state index in [0.717, 1.165) is 21.9 Å². The first-order valence-corrected chi connectivity index (χ1v) is 5.54. The van der Waals surface area contributed by atoms with Gasteiger partial charge in [-0.2, -0.15) is 0 Å². The summed E-state index contributed by atoms with van der Waals surface area (Å²) in [4.78, 5) is 23.5. The van der Waals surface area contributed by atoms with Crippen LogP contribution in [0.2, 0.25) is 0 Å². The molecule has 1 aliphatic heterocycles. The molecule has 0 spiro atoms. The Morgan fingerprint density at radius 1 is 0.824 bits per heavy atom. The van der Waals surface area contributed by atoms with Crippen molar-refractivity contribution in [3.05, 3.63) is 47.5 Å². The van der Waals surface area contributed by atoms with E-state index in [1.54, 1.807) is 0 Å². The molecule has 2 aromatic rings. The van der Waals surface area contributed by atoms with E-state index in [2.05, 4.69) is 0 Å². The largest absolute Gasteiger partial charge is 0.392 e. The highest BCUT2D eigenvalue weighted by Gasteiger charge is 2.51. The zero-order valence-electron chi connectivity index (χ0n) is 8.84. The van der Waals surface area contributed by atoms with Crippen LogP contribution >= 0.6 is 0 Å². The Hall–Kier alpha value is -2.16. The molecule has 3 heteroatoms. The van der Waals surface area contributed by atoms with Gasteiger partial charge in [0.15, 0.2) is 0 Å². The van der Waals surface area contributed by atoms with Crippen molar-refractivity contribution in [2.75, 3.05) is 0 Å². The Morgan fingerprint density at radius 2 is 1.35 bits per heavy atom. The lowest BCUT2D eigenvalue weighted by Gasteiger charge is -2.03. The Morgan fingerprint density at radius 3 is 1.88 bits per heavy atom. The Labute approximate surface area is 97.0 Å². The normalized spacial score (nSPS) is 25.2. The molecule has 1 heterocycles. The monoisotopic (exact) mass is 224 g/mol. The Balaban J connectivity index is 2.15. The van der Waals surface area contributed by atoms with Gasteiger partial charge in [0.25, 0.3) is 0 Å². The molecule has 0 radical (unpaired) electrons. The van der Waals surface area contributed by atoms with Crippen LogP contribution in [0.25, 0.3) is 10.8 Å². The van der Waals surface area contributed by atoms with E-state index < -0.39 is 23.8 Å². The molecule has 2 atom stereocenters. The van der Waals surface area contributed by atoms with E-state index in [9.17, 15) is 9.59 Å². The molecule has 4 rings (SSSR count). The number of ether oxygens (including phenoxy) is 1. The molecule has 3 nitrogen and oxygen atoms in total. The molecular weight excluding hydrogens is 216 g/mol. The number of hydrogen-bond acceptors (Lipinski definition) is 3. The fraction of sp³-hybridized carbons (Fsp3) is 0.143. The van der Waals surface area contributed by atoms with Crippen molar-refractivity contribution in [1.82, 2.24) is 0 Å². The number of cyclic esters (lactones) is 2. The van der Waals surface area contributed by atoms with Crippen LogP contribution in [0.3, 0.4) is 0 Å². The van der Waals surface area contributed by atoms with Gasteiger partial charge in [-0.1, -0.05) is 36.4 Å². The van der Waals surface area contributed by atoms with Crippen LogP contribution in [0.15, 0.2) is 36.4 Å². The number of carbonyl (C=O) groups excluding carboxylic acids is 2. The van der Waals surface area contributed by atoms with E-state index in [1.165, 1.54) is 0 Å². The molecule has 1 aliphatic carbocycles. The summed E-state index contributed by atoms with van der Waals surface area (Å²) in [6.45, 7) is 0. The van der Waals surface area contributed by atoms with E-state index >= 15 is 0 Å². The third-order valence-electron chi connectivity index (χ3n) is 3.68. The molecule has 0 N–H and O–H groups in total. The minimum absolute atomic E-state index is 0.413. The highest BCUT2D eigenvalue weighted by molar-refractivity contribution is 6.10. The zero-order chi connectivity index (χ0) is 11.6. The smallest absolute Gasteiger partial charge is 0.322 e. The summed E-state index contributed by atoms with van der Waals surface area (Å²) in [5.41, 5.74) is 1.86. The number of rotatable bonds is 0. The Bertz CT molecular complexity index is 632. The summed E-state index contributed by atoms with van der Waals surface area (Å²) >= 11 is 0. The third kappa shape index (κ3) is 0.923. The van der Waals surface area contributed by atoms with Gasteiger partial charge in [-0.25, -0.2) is 0 Å². The summed E-state index contributed by atoms with van der Waals surface area (Å²) in [5.74, 6) is -1.68. The fourth-order valence-corrected chi connectivity index (χ4v) is 3.03. The van der Waals surface area contributed by atoms with Crippen LogP contribution in [-0.4, -0.2) is 11.9 Å². The summed E-state index contributed by atoms with van der Waals surface area (Å²) in [6.07, 6.45) is 0. The van der Waals surface area contributed by atoms with E-state index in [-0.39, 0.29) is 0 Å². The molecule has 1 fully saturated rings. The van der Waals surface area contributed by atoms with E-state index in [4.69, 9.17) is 4.74 Å². The summed E-state index contributed by atoms with van der Waals surface area (Å²) < 4.78 is 4.74. The lowest BCUT2D eigenvalue weighted by Crippen LogP contribution is -2.07. The minimum atomic E-state index is -0.427. The standard InChI is InChI=1S/C14H8O3/c15-13-11-8-5-1-3-7-4-2-6-9(10(7)8)12(11)14(16)17-13/h1-6,11-12H. The molecule has 0 saturated carbocycles. The lowest BCUT2D eigenvalue weighted by molar-refractivity contribution is -0.152. The van der Waals surface area contributed by atoms with Crippen molar-refractivity contribution in [1.29, 1.82) is 0 Å². The number of fused-ring (bicyclic) bond motifs is 3. The Kier molecular flexibility index (Phi) is 1.44. The fourth-order valence-electron chi connectivity index (χ4n) is 3.03. The molecule has 0 aromatic heterocycles.